The lowest BCUT2D eigenvalue weighted by molar-refractivity contribution is 0.199. The van der Waals surface area contributed by atoms with Crippen molar-refractivity contribution in [2.24, 2.45) is 5.92 Å². The fourth-order valence-corrected chi connectivity index (χ4v) is 1.84. The molecule has 0 aliphatic heterocycles. The van der Waals surface area contributed by atoms with E-state index >= 15 is 0 Å². The molecule has 96 valence electrons. The van der Waals surface area contributed by atoms with E-state index in [0.717, 1.165) is 13.0 Å². The van der Waals surface area contributed by atoms with Gasteiger partial charge in [-0.2, -0.15) is 0 Å². The Hall–Kier alpha value is -1.09. The molecule has 0 aromatic heterocycles. The third kappa shape index (κ3) is 3.70. The van der Waals surface area contributed by atoms with E-state index in [0.29, 0.717) is 17.2 Å². The Morgan fingerprint density at radius 2 is 1.94 bits per heavy atom. The smallest absolute Gasteiger partial charge is 0.146 e. The summed E-state index contributed by atoms with van der Waals surface area (Å²) >= 11 is 0. The van der Waals surface area contributed by atoms with E-state index in [2.05, 4.69) is 13.8 Å². The molecule has 3 heteroatoms. The van der Waals surface area contributed by atoms with Crippen LogP contribution in [-0.4, -0.2) is 18.7 Å². The molecule has 0 amide bonds. The summed E-state index contributed by atoms with van der Waals surface area (Å²) in [4.78, 5) is 1.89. The van der Waals surface area contributed by atoms with Gasteiger partial charge in [0, 0.05) is 19.2 Å². The zero-order valence-electron chi connectivity index (χ0n) is 11.1. The first-order valence-corrected chi connectivity index (χ1v) is 6.11. The standard InChI is InChI=1S/C14H22FNO/c1-10(2)8-9-16(4)14-12(11(3)17)6-5-7-13(14)15/h5-7,10-11,17H,8-9H2,1-4H3/t11-/m0/s1. The summed E-state index contributed by atoms with van der Waals surface area (Å²) in [5.74, 6) is 0.314. The maximum atomic E-state index is 13.8. The fourth-order valence-electron chi connectivity index (χ4n) is 1.84. The van der Waals surface area contributed by atoms with Crippen LogP contribution in [0.3, 0.4) is 0 Å². The molecular formula is C14H22FNO. The number of hydrogen-bond donors (Lipinski definition) is 1. The van der Waals surface area contributed by atoms with Crippen LogP contribution >= 0.6 is 0 Å². The van der Waals surface area contributed by atoms with Gasteiger partial charge in [-0.05, 0) is 25.3 Å². The van der Waals surface area contributed by atoms with E-state index in [4.69, 9.17) is 0 Å². The quantitative estimate of drug-likeness (QED) is 0.851. The minimum atomic E-state index is -0.651. The van der Waals surface area contributed by atoms with E-state index < -0.39 is 6.10 Å². The molecule has 1 rings (SSSR count). The molecule has 0 aliphatic rings. The number of halogens is 1. The van der Waals surface area contributed by atoms with Crippen molar-refractivity contribution in [1.82, 2.24) is 0 Å². The van der Waals surface area contributed by atoms with Crippen LogP contribution in [0.5, 0.6) is 0 Å². The first-order chi connectivity index (χ1) is 7.93. The number of hydrogen-bond acceptors (Lipinski definition) is 2. The van der Waals surface area contributed by atoms with Gasteiger partial charge in [-0.25, -0.2) is 4.39 Å². The number of aliphatic hydroxyl groups is 1. The summed E-state index contributed by atoms with van der Waals surface area (Å²) in [6, 6.07) is 4.85. The zero-order valence-corrected chi connectivity index (χ0v) is 11.1. The maximum absolute atomic E-state index is 13.8. The monoisotopic (exact) mass is 239 g/mol. The Morgan fingerprint density at radius 1 is 1.29 bits per heavy atom. The lowest BCUT2D eigenvalue weighted by Gasteiger charge is -2.24. The van der Waals surface area contributed by atoms with Gasteiger partial charge in [0.15, 0.2) is 0 Å². The highest BCUT2D eigenvalue weighted by atomic mass is 19.1. The lowest BCUT2D eigenvalue weighted by Crippen LogP contribution is -2.23. The van der Waals surface area contributed by atoms with E-state index in [1.807, 2.05) is 11.9 Å². The molecule has 1 aromatic carbocycles. The van der Waals surface area contributed by atoms with Crippen molar-refractivity contribution in [3.8, 4) is 0 Å². The van der Waals surface area contributed by atoms with Crippen LogP contribution in [0, 0.1) is 11.7 Å². The zero-order chi connectivity index (χ0) is 13.0. The predicted octanol–water partition coefficient (Wildman–Crippen LogP) is 3.36. The summed E-state index contributed by atoms with van der Waals surface area (Å²) in [6.45, 7) is 6.74. The summed E-state index contributed by atoms with van der Waals surface area (Å²) in [5, 5.41) is 9.66. The van der Waals surface area contributed by atoms with E-state index in [-0.39, 0.29) is 5.82 Å². The Labute approximate surface area is 103 Å². The van der Waals surface area contributed by atoms with Gasteiger partial charge in [0.05, 0.1) is 11.8 Å². The summed E-state index contributed by atoms with van der Waals surface area (Å²) in [6.07, 6.45) is 0.353. The molecule has 1 aromatic rings. The van der Waals surface area contributed by atoms with Gasteiger partial charge in [0.25, 0.3) is 0 Å². The Balaban J connectivity index is 2.94. The second-order valence-corrected chi connectivity index (χ2v) is 4.96. The minimum absolute atomic E-state index is 0.269. The van der Waals surface area contributed by atoms with Crippen LogP contribution in [0.25, 0.3) is 0 Å². The molecular weight excluding hydrogens is 217 g/mol. The molecule has 2 nitrogen and oxygen atoms in total. The molecule has 0 spiro atoms. The average Bonchev–Trinajstić information content (AvgIpc) is 2.25. The molecule has 0 aliphatic carbocycles. The molecule has 0 saturated heterocycles. The van der Waals surface area contributed by atoms with Gasteiger partial charge in [-0.3, -0.25) is 0 Å². The van der Waals surface area contributed by atoms with Crippen molar-refractivity contribution in [2.45, 2.75) is 33.3 Å². The molecule has 0 fully saturated rings. The van der Waals surface area contributed by atoms with Gasteiger partial charge in [-0.15, -0.1) is 0 Å². The molecule has 0 heterocycles. The van der Waals surface area contributed by atoms with Crippen molar-refractivity contribution in [1.29, 1.82) is 0 Å². The van der Waals surface area contributed by atoms with E-state index in [9.17, 15) is 9.50 Å². The highest BCUT2D eigenvalue weighted by Crippen LogP contribution is 2.28. The summed E-state index contributed by atoms with van der Waals surface area (Å²) in [5.41, 5.74) is 1.17. The third-order valence-corrected chi connectivity index (χ3v) is 2.89. The Bertz CT molecular complexity index is 363. The van der Waals surface area contributed by atoms with Crippen molar-refractivity contribution in [3.63, 3.8) is 0 Å². The first-order valence-electron chi connectivity index (χ1n) is 6.11. The number of nitrogens with zero attached hydrogens (tertiary/aromatic N) is 1. The molecule has 0 radical (unpaired) electrons. The van der Waals surface area contributed by atoms with Crippen molar-refractivity contribution in [2.75, 3.05) is 18.5 Å². The third-order valence-electron chi connectivity index (χ3n) is 2.89. The lowest BCUT2D eigenvalue weighted by atomic mass is 10.1. The maximum Gasteiger partial charge on any atom is 0.146 e. The van der Waals surface area contributed by atoms with Gasteiger partial charge in [-0.1, -0.05) is 26.0 Å². The van der Waals surface area contributed by atoms with Crippen molar-refractivity contribution in [3.05, 3.63) is 29.6 Å². The highest BCUT2D eigenvalue weighted by molar-refractivity contribution is 5.55. The normalized spacial score (nSPS) is 12.9. The molecule has 0 unspecified atom stereocenters. The number of aliphatic hydroxyl groups excluding tert-OH is 1. The van der Waals surface area contributed by atoms with Crippen molar-refractivity contribution >= 4 is 5.69 Å². The summed E-state index contributed by atoms with van der Waals surface area (Å²) in [7, 11) is 1.87. The largest absolute Gasteiger partial charge is 0.389 e. The second-order valence-electron chi connectivity index (χ2n) is 4.96. The van der Waals surface area contributed by atoms with E-state index in [1.165, 1.54) is 6.07 Å². The molecule has 1 atom stereocenters. The Morgan fingerprint density at radius 3 is 2.47 bits per heavy atom. The SMILES string of the molecule is CC(C)CCN(C)c1c(F)cccc1[C@H](C)O. The molecule has 0 bridgehead atoms. The molecule has 0 saturated carbocycles. The molecule has 1 N–H and O–H groups in total. The van der Waals surface area contributed by atoms with Crippen LogP contribution in [-0.2, 0) is 0 Å². The van der Waals surface area contributed by atoms with Gasteiger partial charge < -0.3 is 10.0 Å². The van der Waals surface area contributed by atoms with Crippen LogP contribution < -0.4 is 4.90 Å². The highest BCUT2D eigenvalue weighted by Gasteiger charge is 2.16. The number of rotatable bonds is 5. The van der Waals surface area contributed by atoms with Crippen LogP contribution in [0.15, 0.2) is 18.2 Å². The second kappa shape index (κ2) is 6.01. The van der Waals surface area contributed by atoms with Crippen molar-refractivity contribution < 1.29 is 9.50 Å². The average molecular weight is 239 g/mol. The number of para-hydroxylation sites is 1. The predicted molar refractivity (Wildman–Crippen MR) is 69.8 cm³/mol. The van der Waals surface area contributed by atoms with Crippen LogP contribution in [0.1, 0.15) is 38.9 Å². The Kier molecular flexibility index (Phi) is 4.94. The van der Waals surface area contributed by atoms with Crippen LogP contribution in [0.2, 0.25) is 0 Å². The van der Waals surface area contributed by atoms with Gasteiger partial charge in [0.1, 0.15) is 5.82 Å². The first kappa shape index (κ1) is 14.0. The van der Waals surface area contributed by atoms with Gasteiger partial charge in [0.2, 0.25) is 0 Å². The number of anilines is 1. The topological polar surface area (TPSA) is 23.5 Å². The molecule has 17 heavy (non-hydrogen) atoms. The minimum Gasteiger partial charge on any atom is -0.389 e. The fraction of sp³-hybridized carbons (Fsp3) is 0.571. The van der Waals surface area contributed by atoms with Crippen LogP contribution in [0.4, 0.5) is 10.1 Å². The van der Waals surface area contributed by atoms with E-state index in [1.54, 1.807) is 19.1 Å². The summed E-state index contributed by atoms with van der Waals surface area (Å²) < 4.78 is 13.8. The number of benzene rings is 1. The van der Waals surface area contributed by atoms with Gasteiger partial charge >= 0.3 is 0 Å².